The Morgan fingerprint density at radius 3 is 2.18 bits per heavy atom. The van der Waals surface area contributed by atoms with Gasteiger partial charge in [0.25, 0.3) is 0 Å². The first-order valence-corrected chi connectivity index (χ1v) is 11.0. The lowest BCUT2D eigenvalue weighted by Gasteiger charge is -2.19. The van der Waals surface area contributed by atoms with Crippen molar-refractivity contribution in [3.05, 3.63) is 94.8 Å². The molecule has 0 aliphatic rings. The monoisotopic (exact) mass is 394 g/mol. The number of hydrogen-bond acceptors (Lipinski definition) is 4. The van der Waals surface area contributed by atoms with Crippen LogP contribution in [0.4, 0.5) is 0 Å². The maximum atomic E-state index is 12.8. The standard InChI is InChI=1S/C23H26N2O2S/c1-18-13-19(2)24-22(14-18)16-25(3)15-20-9-7-8-10-21(20)17-28(26,27)23-11-5-4-6-12-23/h4-14H,15-17H2,1-3H3. The Kier molecular flexibility index (Phi) is 6.27. The van der Waals surface area contributed by atoms with Crippen molar-refractivity contribution in [1.29, 1.82) is 0 Å². The molecule has 0 bridgehead atoms. The molecule has 1 heterocycles. The molecule has 0 N–H and O–H groups in total. The Morgan fingerprint density at radius 1 is 0.857 bits per heavy atom. The summed E-state index contributed by atoms with van der Waals surface area (Å²) in [4.78, 5) is 7.12. The van der Waals surface area contributed by atoms with Crippen molar-refractivity contribution < 1.29 is 8.42 Å². The number of pyridine rings is 1. The molecule has 0 spiro atoms. The summed E-state index contributed by atoms with van der Waals surface area (Å²) in [6.07, 6.45) is 0. The minimum atomic E-state index is -3.37. The van der Waals surface area contributed by atoms with Gasteiger partial charge in [0, 0.05) is 18.8 Å². The summed E-state index contributed by atoms with van der Waals surface area (Å²) < 4.78 is 25.6. The average molecular weight is 395 g/mol. The Morgan fingerprint density at radius 2 is 1.50 bits per heavy atom. The molecule has 4 nitrogen and oxygen atoms in total. The van der Waals surface area contributed by atoms with Gasteiger partial charge in [-0.25, -0.2) is 8.42 Å². The normalized spacial score (nSPS) is 11.7. The third kappa shape index (κ3) is 5.27. The number of sulfone groups is 1. The fraction of sp³-hybridized carbons (Fsp3) is 0.261. The molecule has 1 aromatic heterocycles. The van der Waals surface area contributed by atoms with Crippen molar-refractivity contribution in [3.8, 4) is 0 Å². The second-order valence-corrected chi connectivity index (χ2v) is 9.28. The van der Waals surface area contributed by atoms with Gasteiger partial charge in [-0.15, -0.1) is 0 Å². The number of hydrogen-bond donors (Lipinski definition) is 0. The summed E-state index contributed by atoms with van der Waals surface area (Å²) >= 11 is 0. The highest BCUT2D eigenvalue weighted by Crippen LogP contribution is 2.20. The van der Waals surface area contributed by atoms with Crippen molar-refractivity contribution >= 4 is 9.84 Å². The van der Waals surface area contributed by atoms with Gasteiger partial charge in [0.15, 0.2) is 9.84 Å². The van der Waals surface area contributed by atoms with E-state index in [0.29, 0.717) is 18.0 Å². The molecule has 0 radical (unpaired) electrons. The van der Waals surface area contributed by atoms with Gasteiger partial charge in [0.2, 0.25) is 0 Å². The minimum absolute atomic E-state index is 0.00281. The number of aryl methyl sites for hydroxylation is 2. The van der Waals surface area contributed by atoms with E-state index in [-0.39, 0.29) is 5.75 Å². The Hall–Kier alpha value is -2.50. The third-order valence-corrected chi connectivity index (χ3v) is 6.27. The van der Waals surface area contributed by atoms with Gasteiger partial charge in [0.05, 0.1) is 16.3 Å². The third-order valence-electron chi connectivity index (χ3n) is 4.59. The summed E-state index contributed by atoms with van der Waals surface area (Å²) in [6.45, 7) is 5.44. The average Bonchev–Trinajstić information content (AvgIpc) is 2.63. The molecular weight excluding hydrogens is 368 g/mol. The second kappa shape index (κ2) is 8.67. The van der Waals surface area contributed by atoms with E-state index >= 15 is 0 Å². The Labute approximate surface area is 167 Å². The topological polar surface area (TPSA) is 50.3 Å². The minimum Gasteiger partial charge on any atom is -0.296 e. The van der Waals surface area contributed by atoms with Crippen molar-refractivity contribution in [2.24, 2.45) is 0 Å². The molecule has 0 atom stereocenters. The summed E-state index contributed by atoms with van der Waals surface area (Å²) in [6, 6.07) is 20.5. The van der Waals surface area contributed by atoms with Crippen molar-refractivity contribution in [2.75, 3.05) is 7.05 Å². The number of aromatic nitrogens is 1. The fourth-order valence-electron chi connectivity index (χ4n) is 3.40. The SMILES string of the molecule is Cc1cc(C)nc(CN(C)Cc2ccccc2CS(=O)(=O)c2ccccc2)c1. The zero-order valence-electron chi connectivity index (χ0n) is 16.6. The quantitative estimate of drug-likeness (QED) is 0.599. The fourth-order valence-corrected chi connectivity index (χ4v) is 4.83. The van der Waals surface area contributed by atoms with E-state index in [4.69, 9.17) is 0 Å². The van der Waals surface area contributed by atoms with Gasteiger partial charge in [0.1, 0.15) is 0 Å². The molecule has 0 fully saturated rings. The van der Waals surface area contributed by atoms with Crippen LogP contribution < -0.4 is 0 Å². The first-order chi connectivity index (χ1) is 13.3. The molecule has 5 heteroatoms. The molecule has 0 saturated heterocycles. The van der Waals surface area contributed by atoms with E-state index in [0.717, 1.165) is 22.5 Å². The maximum absolute atomic E-state index is 12.8. The zero-order valence-corrected chi connectivity index (χ0v) is 17.4. The van der Waals surface area contributed by atoms with Gasteiger partial charge in [-0.3, -0.25) is 9.88 Å². The number of benzene rings is 2. The molecule has 0 unspecified atom stereocenters. The predicted octanol–water partition coefficient (Wildman–Crippen LogP) is 4.30. The summed E-state index contributed by atoms with van der Waals surface area (Å²) in [5.41, 5.74) is 5.10. The molecule has 2 aromatic carbocycles. The van der Waals surface area contributed by atoms with E-state index in [9.17, 15) is 8.42 Å². The molecule has 3 rings (SSSR count). The highest BCUT2D eigenvalue weighted by atomic mass is 32.2. The first-order valence-electron chi connectivity index (χ1n) is 9.31. The summed E-state index contributed by atoms with van der Waals surface area (Å²) in [5.74, 6) is 0.00281. The van der Waals surface area contributed by atoms with E-state index < -0.39 is 9.84 Å². The molecule has 0 amide bonds. The van der Waals surface area contributed by atoms with Crippen molar-refractivity contribution in [2.45, 2.75) is 37.6 Å². The van der Waals surface area contributed by atoms with Gasteiger partial charge in [-0.2, -0.15) is 0 Å². The van der Waals surface area contributed by atoms with E-state index in [1.165, 1.54) is 5.56 Å². The van der Waals surface area contributed by atoms with Crippen LogP contribution in [0.5, 0.6) is 0 Å². The zero-order chi connectivity index (χ0) is 20.1. The van der Waals surface area contributed by atoms with Crippen LogP contribution in [-0.4, -0.2) is 25.3 Å². The highest BCUT2D eigenvalue weighted by molar-refractivity contribution is 7.90. The molecule has 146 valence electrons. The number of rotatable bonds is 7. The Balaban J connectivity index is 1.77. The maximum Gasteiger partial charge on any atom is 0.182 e. The van der Waals surface area contributed by atoms with Gasteiger partial charge in [-0.1, -0.05) is 42.5 Å². The van der Waals surface area contributed by atoms with Gasteiger partial charge in [-0.05, 0) is 61.9 Å². The van der Waals surface area contributed by atoms with Crippen LogP contribution in [0, 0.1) is 13.8 Å². The van der Waals surface area contributed by atoms with Crippen molar-refractivity contribution in [3.63, 3.8) is 0 Å². The molecule has 28 heavy (non-hydrogen) atoms. The number of nitrogens with zero attached hydrogens (tertiary/aromatic N) is 2. The second-order valence-electron chi connectivity index (χ2n) is 7.29. The van der Waals surface area contributed by atoms with Gasteiger partial charge < -0.3 is 0 Å². The predicted molar refractivity (Wildman–Crippen MR) is 113 cm³/mol. The van der Waals surface area contributed by atoms with Crippen molar-refractivity contribution in [1.82, 2.24) is 9.88 Å². The van der Waals surface area contributed by atoms with Gasteiger partial charge >= 0.3 is 0 Å². The van der Waals surface area contributed by atoms with Crippen LogP contribution in [0.2, 0.25) is 0 Å². The molecule has 0 aliphatic carbocycles. The summed E-state index contributed by atoms with van der Waals surface area (Å²) in [7, 11) is -1.34. The first kappa shape index (κ1) is 20.2. The lowest BCUT2D eigenvalue weighted by molar-refractivity contribution is 0.314. The molecular formula is C23H26N2O2S. The van der Waals surface area contributed by atoms with E-state index in [2.05, 4.69) is 28.9 Å². The summed E-state index contributed by atoms with van der Waals surface area (Å²) in [5, 5.41) is 0. The smallest absolute Gasteiger partial charge is 0.182 e. The lowest BCUT2D eigenvalue weighted by atomic mass is 10.1. The molecule has 0 saturated carbocycles. The van der Waals surface area contributed by atoms with Crippen LogP contribution >= 0.6 is 0 Å². The van der Waals surface area contributed by atoms with Crippen LogP contribution in [0.3, 0.4) is 0 Å². The van der Waals surface area contributed by atoms with Crippen LogP contribution in [0.25, 0.3) is 0 Å². The Bertz CT molecular complexity index is 1030. The molecule has 3 aromatic rings. The van der Waals surface area contributed by atoms with Crippen LogP contribution in [0.15, 0.2) is 71.6 Å². The van der Waals surface area contributed by atoms with Crippen LogP contribution in [0.1, 0.15) is 28.1 Å². The van der Waals surface area contributed by atoms with E-state index in [1.807, 2.05) is 44.3 Å². The largest absolute Gasteiger partial charge is 0.296 e. The van der Waals surface area contributed by atoms with Crippen LogP contribution in [-0.2, 0) is 28.7 Å². The molecule has 0 aliphatic heterocycles. The highest BCUT2D eigenvalue weighted by Gasteiger charge is 2.17. The lowest BCUT2D eigenvalue weighted by Crippen LogP contribution is -2.19. The van der Waals surface area contributed by atoms with E-state index in [1.54, 1.807) is 24.3 Å².